The van der Waals surface area contributed by atoms with E-state index in [0.29, 0.717) is 9.75 Å². The molecule has 0 aliphatic rings. The number of rotatable bonds is 6. The van der Waals surface area contributed by atoms with Gasteiger partial charge in [-0.2, -0.15) is 0 Å². The molecule has 0 aliphatic carbocycles. The summed E-state index contributed by atoms with van der Waals surface area (Å²) >= 11 is -0.706. The normalized spacial score (nSPS) is 12.3. The van der Waals surface area contributed by atoms with Crippen molar-refractivity contribution in [2.24, 2.45) is 0 Å². The molecule has 2 aromatic rings. The Morgan fingerprint density at radius 3 is 1.68 bits per heavy atom. The predicted molar refractivity (Wildman–Crippen MR) is 84.4 cm³/mol. The second-order valence-corrected chi connectivity index (χ2v) is 20.3. The average Bonchev–Trinajstić information content (AvgIpc) is 3.01. The Kier molecular flexibility index (Phi) is 5.47. The molecule has 2 nitrogen and oxygen atoms in total. The third-order valence-corrected chi connectivity index (χ3v) is 10.9. The van der Waals surface area contributed by atoms with Gasteiger partial charge in [0.1, 0.15) is 0 Å². The second kappa shape index (κ2) is 6.71. The van der Waals surface area contributed by atoms with Crippen molar-refractivity contribution in [3.8, 4) is 0 Å². The quantitative estimate of drug-likeness (QED) is 0.470. The van der Waals surface area contributed by atoms with Crippen LogP contribution in [0.25, 0.3) is 0 Å². The fourth-order valence-electron chi connectivity index (χ4n) is 1.45. The zero-order valence-corrected chi connectivity index (χ0v) is 15.2. The summed E-state index contributed by atoms with van der Waals surface area (Å²) in [7, 11) is 12.6. The van der Waals surface area contributed by atoms with E-state index in [2.05, 4.69) is 0 Å². The summed E-state index contributed by atoms with van der Waals surface area (Å²) in [5.41, 5.74) is 0. The first-order valence-corrected chi connectivity index (χ1v) is 16.2. The number of hydrogen-bond acceptors (Lipinski definition) is 4. The van der Waals surface area contributed by atoms with E-state index >= 15 is 0 Å². The van der Waals surface area contributed by atoms with Crippen LogP contribution >= 0.6 is 40.6 Å². The third kappa shape index (κ3) is 4.56. The molecule has 0 fully saturated rings. The number of carbonyl (C=O) groups is 2. The Morgan fingerprint density at radius 1 is 0.947 bits per heavy atom. The van der Waals surface area contributed by atoms with Crippen LogP contribution in [-0.4, -0.2) is 27.5 Å². The van der Waals surface area contributed by atoms with E-state index in [1.807, 2.05) is 22.9 Å². The van der Waals surface area contributed by atoms with E-state index in [1.165, 1.54) is 22.7 Å². The van der Waals surface area contributed by atoms with Gasteiger partial charge >= 0.3 is 131 Å². The van der Waals surface area contributed by atoms with Gasteiger partial charge in [-0.3, -0.25) is 0 Å². The Balaban J connectivity index is 1.99. The van der Waals surface area contributed by atoms with Gasteiger partial charge in [-0.25, -0.2) is 0 Å². The molecule has 2 rings (SSSR count). The summed E-state index contributed by atoms with van der Waals surface area (Å²) in [5, 5.41) is 3.67. The molecule has 7 heteroatoms. The first kappa shape index (κ1) is 15.5. The van der Waals surface area contributed by atoms with Crippen molar-refractivity contribution in [2.45, 2.75) is 8.94 Å². The van der Waals surface area contributed by atoms with Crippen LogP contribution < -0.4 is 0 Å². The maximum atomic E-state index is 12.0. The molecule has 0 radical (unpaired) electrons. The molecule has 0 aliphatic heterocycles. The van der Waals surface area contributed by atoms with Crippen LogP contribution in [0.4, 0.5) is 0 Å². The molecule has 0 atom stereocenters. The summed E-state index contributed by atoms with van der Waals surface area (Å²) in [6.07, 6.45) is 0. The number of Topliss-reactive ketones (excluding diaryl/α,β-unsaturated/α-hetero) is 2. The molecule has 2 aromatic heterocycles. The van der Waals surface area contributed by atoms with Crippen molar-refractivity contribution in [2.75, 3.05) is 0 Å². The molecule has 0 saturated carbocycles. The predicted octanol–water partition coefficient (Wildman–Crippen LogP) is 4.80. The van der Waals surface area contributed by atoms with Gasteiger partial charge in [0.25, 0.3) is 0 Å². The van der Waals surface area contributed by atoms with Gasteiger partial charge in [-0.1, -0.05) is 0 Å². The first-order valence-electron chi connectivity index (χ1n) is 5.29. The molecule has 2 heterocycles. The fourth-order valence-corrected chi connectivity index (χ4v) is 9.38. The summed E-state index contributed by atoms with van der Waals surface area (Å²) in [6, 6.07) is 7.12. The van der Waals surface area contributed by atoms with Gasteiger partial charge in [0.05, 0.1) is 0 Å². The summed E-state index contributed by atoms with van der Waals surface area (Å²) in [5.74, 6) is -0.111. The van der Waals surface area contributed by atoms with Gasteiger partial charge in [-0.05, 0) is 0 Å². The van der Waals surface area contributed by atoms with Gasteiger partial charge < -0.3 is 0 Å². The van der Waals surface area contributed by atoms with Crippen LogP contribution in [0.2, 0.25) is 8.94 Å². The van der Waals surface area contributed by atoms with Crippen molar-refractivity contribution in [1.29, 1.82) is 0 Å². The summed E-state index contributed by atoms with van der Waals surface area (Å²) in [6.45, 7) is 0. The van der Waals surface area contributed by atoms with E-state index in [9.17, 15) is 9.59 Å². The van der Waals surface area contributed by atoms with E-state index in [-0.39, 0.29) is 20.5 Å². The molecule has 19 heavy (non-hydrogen) atoms. The average molecular weight is 449 g/mol. The van der Waals surface area contributed by atoms with Gasteiger partial charge in [-0.15, -0.1) is 0 Å². The molecular formula is C12H10Cl2O2S2Te. The van der Waals surface area contributed by atoms with Crippen molar-refractivity contribution < 1.29 is 9.59 Å². The Hall–Kier alpha value is 0.110. The molecule has 0 N–H and O–H groups in total. The number of halogens is 2. The zero-order valence-electron chi connectivity index (χ0n) is 9.68. The molecular weight excluding hydrogens is 439 g/mol. The number of hydrogen-bond donors (Lipinski definition) is 0. The van der Waals surface area contributed by atoms with E-state index in [4.69, 9.17) is 17.9 Å². The third-order valence-electron chi connectivity index (χ3n) is 2.28. The maximum absolute atomic E-state index is 12.0. The summed E-state index contributed by atoms with van der Waals surface area (Å²) < 4.78 is 0.256. The zero-order chi connectivity index (χ0) is 13.9. The van der Waals surface area contributed by atoms with Gasteiger partial charge in [0.2, 0.25) is 0 Å². The monoisotopic (exact) mass is 450 g/mol. The van der Waals surface area contributed by atoms with Crippen molar-refractivity contribution in [3.05, 3.63) is 44.8 Å². The minimum atomic E-state index is -3.44. The van der Waals surface area contributed by atoms with E-state index < -0.39 is 15.9 Å². The standard InChI is InChI=1S/C12H10Cl2O2S2Te/c13-19(14,7-9(15)11-3-1-5-17-11)8-10(16)12-4-2-6-18-12/h1-6H,7-8H2. The number of thiophene rings is 2. The topological polar surface area (TPSA) is 34.1 Å². The molecule has 0 saturated heterocycles. The molecule has 0 amide bonds. The SMILES string of the molecule is O=C(C[Te](Cl)(Cl)CC(=O)c1cccs1)c1cccs1. The number of ketones is 2. The van der Waals surface area contributed by atoms with Crippen LogP contribution in [0.15, 0.2) is 35.0 Å². The molecule has 0 spiro atoms. The van der Waals surface area contributed by atoms with Crippen LogP contribution in [0, 0.1) is 0 Å². The minimum absolute atomic E-state index is 0.0554. The molecule has 0 bridgehead atoms. The molecule has 0 aromatic carbocycles. The fraction of sp³-hybridized carbons (Fsp3) is 0.167. The van der Waals surface area contributed by atoms with Gasteiger partial charge in [0.15, 0.2) is 0 Å². The summed E-state index contributed by atoms with van der Waals surface area (Å²) in [4.78, 5) is 25.2. The van der Waals surface area contributed by atoms with Crippen LogP contribution in [0.5, 0.6) is 0 Å². The van der Waals surface area contributed by atoms with E-state index in [0.717, 1.165) is 0 Å². The number of carbonyl (C=O) groups excluding carboxylic acids is 2. The molecule has 0 unspecified atom stereocenters. The van der Waals surface area contributed by atoms with Crippen LogP contribution in [-0.2, 0) is 0 Å². The van der Waals surface area contributed by atoms with Crippen LogP contribution in [0.1, 0.15) is 19.3 Å². The van der Waals surface area contributed by atoms with Crippen molar-refractivity contribution in [1.82, 2.24) is 0 Å². The molecule has 102 valence electrons. The van der Waals surface area contributed by atoms with Gasteiger partial charge in [0, 0.05) is 0 Å². The van der Waals surface area contributed by atoms with Crippen LogP contribution in [0.3, 0.4) is 0 Å². The first-order chi connectivity index (χ1) is 8.98. The van der Waals surface area contributed by atoms with E-state index in [1.54, 1.807) is 12.1 Å². The van der Waals surface area contributed by atoms with Crippen molar-refractivity contribution in [3.63, 3.8) is 0 Å². The Morgan fingerprint density at radius 2 is 1.37 bits per heavy atom. The Labute approximate surface area is 130 Å². The second-order valence-electron chi connectivity index (χ2n) is 3.79. The Bertz CT molecular complexity index is 514. The van der Waals surface area contributed by atoms with Crippen molar-refractivity contribution >= 4 is 68.1 Å².